The third kappa shape index (κ3) is 4.79. The number of para-hydroxylation sites is 1. The van der Waals surface area contributed by atoms with Gasteiger partial charge in [-0.15, -0.1) is 0 Å². The number of nitrogens with one attached hydrogen (secondary N) is 2. The smallest absolute Gasteiger partial charge is 0.382 e. The second-order valence-electron chi connectivity index (χ2n) is 7.96. The number of aryl methyl sites for hydroxylation is 2. The second-order valence-corrected chi connectivity index (χ2v) is 9.56. The van der Waals surface area contributed by atoms with E-state index in [0.717, 1.165) is 31.4 Å². The lowest BCUT2D eigenvalue weighted by atomic mass is 10.1. The lowest BCUT2D eigenvalue weighted by Crippen LogP contribution is -2.39. The van der Waals surface area contributed by atoms with E-state index in [1.54, 1.807) is 38.1 Å². The molecule has 10 heteroatoms. The Bertz CT molecular complexity index is 1110. The Balaban J connectivity index is 1.47. The van der Waals surface area contributed by atoms with Crippen LogP contribution < -0.4 is 10.6 Å². The van der Waals surface area contributed by atoms with Crippen LogP contribution in [-0.4, -0.2) is 37.3 Å². The van der Waals surface area contributed by atoms with Crippen molar-refractivity contribution in [3.8, 4) is 0 Å². The Morgan fingerprint density at radius 2 is 1.97 bits per heavy atom. The van der Waals surface area contributed by atoms with Crippen LogP contribution in [0.25, 0.3) is 10.9 Å². The number of carbonyl (C=O) groups excluding carboxylic acids is 1. The highest BCUT2D eigenvalue weighted by Gasteiger charge is 2.33. The van der Waals surface area contributed by atoms with Gasteiger partial charge in [-0.25, -0.2) is 4.98 Å². The molecular formula is C22H23F3N4O2Si. The summed E-state index contributed by atoms with van der Waals surface area (Å²) in [6.07, 6.45) is -2.23. The fourth-order valence-electron chi connectivity index (χ4n) is 4.01. The summed E-state index contributed by atoms with van der Waals surface area (Å²) in [7, 11) is 0.528. The van der Waals surface area contributed by atoms with Crippen molar-refractivity contribution in [3.05, 3.63) is 53.0 Å². The number of benzene rings is 1. The fraction of sp³-hybridized carbons (Fsp3) is 0.409. The number of fused-ring (bicyclic) bond motifs is 1. The Kier molecular flexibility index (Phi) is 6.23. The van der Waals surface area contributed by atoms with Gasteiger partial charge in [0.2, 0.25) is 0 Å². The molecule has 1 fully saturated rings. The van der Waals surface area contributed by atoms with Gasteiger partial charge in [0.15, 0.2) is 0 Å². The van der Waals surface area contributed by atoms with Crippen LogP contribution in [0.2, 0.25) is 6.04 Å². The first kappa shape index (κ1) is 22.3. The molecule has 1 aliphatic rings. The second kappa shape index (κ2) is 8.93. The van der Waals surface area contributed by atoms with Gasteiger partial charge < -0.3 is 15.2 Å². The van der Waals surface area contributed by atoms with Gasteiger partial charge in [0, 0.05) is 22.8 Å². The predicted molar refractivity (Wildman–Crippen MR) is 116 cm³/mol. The minimum atomic E-state index is -4.52. The van der Waals surface area contributed by atoms with Gasteiger partial charge in [-0.05, 0) is 45.2 Å². The molecule has 2 N–H and O–H groups in total. The molecule has 0 unspecified atom stereocenters. The third-order valence-electron chi connectivity index (χ3n) is 5.62. The molecule has 0 aliphatic carbocycles. The molecule has 0 saturated carbocycles. The summed E-state index contributed by atoms with van der Waals surface area (Å²) in [4.78, 5) is 16.4. The van der Waals surface area contributed by atoms with Crippen molar-refractivity contribution >= 4 is 32.0 Å². The zero-order valence-corrected chi connectivity index (χ0v) is 18.7. The van der Waals surface area contributed by atoms with E-state index in [0.29, 0.717) is 43.1 Å². The molecular weight excluding hydrogens is 437 g/mol. The van der Waals surface area contributed by atoms with Gasteiger partial charge in [0.25, 0.3) is 5.91 Å². The molecule has 1 amide bonds. The lowest BCUT2D eigenvalue weighted by molar-refractivity contribution is -0.140. The van der Waals surface area contributed by atoms with Crippen molar-refractivity contribution < 1.29 is 22.5 Å². The van der Waals surface area contributed by atoms with Crippen LogP contribution in [0.1, 0.15) is 46.8 Å². The SMILES string of the molecule is Cc1noc(C)c1C(=O)N[C@H]1CC[C@@H](Nc2cc(C(F)(F)F)nc3ccccc23)CC[Si]1. The maximum Gasteiger partial charge on any atom is 0.433 e. The first-order valence-electron chi connectivity index (χ1n) is 10.4. The predicted octanol–water partition coefficient (Wildman–Crippen LogP) is 4.70. The Hall–Kier alpha value is -2.88. The topological polar surface area (TPSA) is 80.0 Å². The average Bonchev–Trinajstić information content (AvgIpc) is 2.93. The maximum absolute atomic E-state index is 13.3. The molecule has 3 aromatic rings. The van der Waals surface area contributed by atoms with E-state index in [-0.39, 0.29) is 17.6 Å². The van der Waals surface area contributed by atoms with Crippen molar-refractivity contribution in [2.24, 2.45) is 0 Å². The van der Waals surface area contributed by atoms with Crippen LogP contribution in [0, 0.1) is 13.8 Å². The summed E-state index contributed by atoms with van der Waals surface area (Å²) in [5, 5.41) is 10.9. The zero-order chi connectivity index (χ0) is 22.9. The molecule has 2 aromatic heterocycles. The minimum absolute atomic E-state index is 0.00959. The largest absolute Gasteiger partial charge is 0.433 e. The number of hydrogen-bond acceptors (Lipinski definition) is 5. The number of pyridine rings is 1. The summed E-state index contributed by atoms with van der Waals surface area (Å²) in [6.45, 7) is 3.44. The van der Waals surface area contributed by atoms with Crippen LogP contribution in [0.5, 0.6) is 0 Å². The number of carbonyl (C=O) groups is 1. The third-order valence-corrected chi connectivity index (χ3v) is 7.12. The van der Waals surface area contributed by atoms with Crippen molar-refractivity contribution in [3.63, 3.8) is 0 Å². The minimum Gasteiger partial charge on any atom is -0.382 e. The number of hydrogen-bond donors (Lipinski definition) is 2. The van der Waals surface area contributed by atoms with E-state index in [2.05, 4.69) is 20.8 Å². The Labute approximate surface area is 185 Å². The summed E-state index contributed by atoms with van der Waals surface area (Å²) >= 11 is 0. The number of aromatic nitrogens is 2. The quantitative estimate of drug-likeness (QED) is 0.552. The summed E-state index contributed by atoms with van der Waals surface area (Å²) in [5.74, 6) is 0.293. The maximum atomic E-state index is 13.3. The van der Waals surface area contributed by atoms with E-state index in [4.69, 9.17) is 4.52 Å². The number of anilines is 1. The fourth-order valence-corrected chi connectivity index (χ4v) is 5.48. The number of rotatable bonds is 4. The zero-order valence-electron chi connectivity index (χ0n) is 17.7. The molecule has 6 nitrogen and oxygen atoms in total. The van der Waals surface area contributed by atoms with Crippen LogP contribution in [0.3, 0.4) is 0 Å². The molecule has 1 aromatic carbocycles. The van der Waals surface area contributed by atoms with Crippen molar-refractivity contribution in [1.29, 1.82) is 0 Å². The highest BCUT2D eigenvalue weighted by molar-refractivity contribution is 6.38. The van der Waals surface area contributed by atoms with Crippen molar-refractivity contribution in [1.82, 2.24) is 15.5 Å². The Morgan fingerprint density at radius 3 is 2.69 bits per heavy atom. The summed E-state index contributed by atoms with van der Waals surface area (Å²) < 4.78 is 45.1. The average molecular weight is 461 g/mol. The lowest BCUT2D eigenvalue weighted by Gasteiger charge is -2.21. The molecule has 0 spiro atoms. The highest BCUT2D eigenvalue weighted by atomic mass is 28.2. The molecule has 1 saturated heterocycles. The number of halogens is 3. The Morgan fingerprint density at radius 1 is 1.19 bits per heavy atom. The monoisotopic (exact) mass is 460 g/mol. The van der Waals surface area contributed by atoms with Gasteiger partial charge in [0.1, 0.15) is 17.0 Å². The van der Waals surface area contributed by atoms with Crippen LogP contribution >= 0.6 is 0 Å². The number of nitrogens with zero attached hydrogens (tertiary/aromatic N) is 2. The van der Waals surface area contributed by atoms with Gasteiger partial charge >= 0.3 is 6.18 Å². The van der Waals surface area contributed by atoms with E-state index < -0.39 is 11.9 Å². The van der Waals surface area contributed by atoms with Crippen LogP contribution in [-0.2, 0) is 6.18 Å². The molecule has 168 valence electrons. The van der Waals surface area contributed by atoms with E-state index in [9.17, 15) is 18.0 Å². The number of amides is 1. The summed E-state index contributed by atoms with van der Waals surface area (Å²) in [5.41, 5.74) is 0.888. The van der Waals surface area contributed by atoms with E-state index in [1.807, 2.05) is 0 Å². The van der Waals surface area contributed by atoms with Crippen molar-refractivity contribution in [2.45, 2.75) is 57.0 Å². The normalized spacial score (nSPS) is 19.5. The van der Waals surface area contributed by atoms with Gasteiger partial charge in [-0.3, -0.25) is 4.79 Å². The molecule has 1 aliphatic heterocycles. The van der Waals surface area contributed by atoms with Crippen molar-refractivity contribution in [2.75, 3.05) is 5.32 Å². The standard InChI is InChI=1S/C22H23F3N4O2Si/c1-12-20(13(2)31-29-12)21(30)28-19-8-7-14(9-10-32-19)26-17-11-18(22(23,24)25)27-16-6-4-3-5-15(16)17/h3-6,11,14,19H,7-10H2,1-2H3,(H,26,27)(H,28,30)/t14-,19-/m1/s1. The first-order chi connectivity index (χ1) is 15.2. The van der Waals surface area contributed by atoms with Gasteiger partial charge in [0.05, 0.1) is 20.7 Å². The molecule has 3 heterocycles. The molecule has 4 rings (SSSR count). The molecule has 0 bridgehead atoms. The van der Waals surface area contributed by atoms with Crippen LogP contribution in [0.4, 0.5) is 18.9 Å². The first-order valence-corrected chi connectivity index (χ1v) is 11.7. The van der Waals surface area contributed by atoms with Gasteiger partial charge in [-0.2, -0.15) is 13.2 Å². The van der Waals surface area contributed by atoms with E-state index >= 15 is 0 Å². The van der Waals surface area contributed by atoms with Crippen LogP contribution in [0.15, 0.2) is 34.9 Å². The summed E-state index contributed by atoms with van der Waals surface area (Å²) in [6, 6.07) is 8.80. The number of alkyl halides is 3. The van der Waals surface area contributed by atoms with Gasteiger partial charge in [-0.1, -0.05) is 29.4 Å². The molecule has 2 radical (unpaired) electrons. The van der Waals surface area contributed by atoms with E-state index in [1.165, 1.54) is 0 Å². The molecule has 2 atom stereocenters. The highest BCUT2D eigenvalue weighted by Crippen LogP contribution is 2.34. The molecule has 32 heavy (non-hydrogen) atoms.